The Morgan fingerprint density at radius 3 is 2.12 bits per heavy atom. The van der Waals surface area contributed by atoms with Crippen molar-refractivity contribution in [2.45, 2.75) is 26.2 Å². The molecule has 1 fully saturated rings. The van der Waals surface area contributed by atoms with Crippen LogP contribution in [0.2, 0.25) is 0 Å². The van der Waals surface area contributed by atoms with Gasteiger partial charge in [0.15, 0.2) is 5.41 Å². The lowest BCUT2D eigenvalue weighted by molar-refractivity contribution is -0.169. The minimum atomic E-state index is -1.41. The van der Waals surface area contributed by atoms with E-state index in [1.165, 1.54) is 27.4 Å². The van der Waals surface area contributed by atoms with E-state index in [9.17, 15) is 14.4 Å². The lowest BCUT2D eigenvalue weighted by Gasteiger charge is -2.24. The Morgan fingerprint density at radius 1 is 1.12 bits per heavy atom. The summed E-state index contributed by atoms with van der Waals surface area (Å²) in [5.41, 5.74) is -1.41. The van der Waals surface area contributed by atoms with Crippen molar-refractivity contribution in [3.8, 4) is 0 Å². The van der Waals surface area contributed by atoms with E-state index >= 15 is 0 Å². The van der Waals surface area contributed by atoms with Crippen LogP contribution < -0.4 is 0 Å². The van der Waals surface area contributed by atoms with Gasteiger partial charge in [0, 0.05) is 0 Å². The Labute approximate surface area is 142 Å². The number of rotatable bonds is 7. The summed E-state index contributed by atoms with van der Waals surface area (Å²) in [5.74, 6) is -2.78. The fraction of sp³-hybridized carbons (Fsp3) is 0.611. The predicted octanol–water partition coefficient (Wildman–Crippen LogP) is 2.29. The minimum Gasteiger partial charge on any atom is -0.469 e. The van der Waals surface area contributed by atoms with Crippen LogP contribution in [-0.4, -0.2) is 39.2 Å². The molecule has 0 spiro atoms. The topological polar surface area (TPSA) is 78.9 Å². The predicted molar refractivity (Wildman–Crippen MR) is 87.8 cm³/mol. The number of hydrogen-bond acceptors (Lipinski definition) is 6. The molecule has 0 unspecified atom stereocenters. The smallest absolute Gasteiger partial charge is 0.323 e. The summed E-state index contributed by atoms with van der Waals surface area (Å²) in [6.07, 6.45) is 6.60. The van der Waals surface area contributed by atoms with Crippen LogP contribution in [-0.2, 0) is 28.6 Å². The van der Waals surface area contributed by atoms with Gasteiger partial charge in [0.05, 0.1) is 27.2 Å². The highest BCUT2D eigenvalue weighted by atomic mass is 16.5. The van der Waals surface area contributed by atoms with E-state index in [-0.39, 0.29) is 24.7 Å². The van der Waals surface area contributed by atoms with E-state index in [0.29, 0.717) is 0 Å². The summed E-state index contributed by atoms with van der Waals surface area (Å²) in [6.45, 7) is 5.70. The van der Waals surface area contributed by atoms with Crippen LogP contribution in [0.5, 0.6) is 0 Å². The van der Waals surface area contributed by atoms with Crippen molar-refractivity contribution in [2.75, 3.05) is 21.3 Å². The summed E-state index contributed by atoms with van der Waals surface area (Å²) in [6, 6.07) is 0. The fourth-order valence-corrected chi connectivity index (χ4v) is 3.50. The van der Waals surface area contributed by atoms with E-state index < -0.39 is 29.2 Å². The maximum atomic E-state index is 12.4. The first-order valence-electron chi connectivity index (χ1n) is 7.95. The van der Waals surface area contributed by atoms with Crippen LogP contribution in [0.1, 0.15) is 26.2 Å². The molecule has 0 N–H and O–H groups in total. The first-order chi connectivity index (χ1) is 11.4. The van der Waals surface area contributed by atoms with Crippen molar-refractivity contribution in [3.63, 3.8) is 0 Å². The molecule has 0 aromatic carbocycles. The molecule has 0 bridgehead atoms. The lowest BCUT2D eigenvalue weighted by Crippen LogP contribution is -2.39. The van der Waals surface area contributed by atoms with E-state index in [1.54, 1.807) is 0 Å². The third-order valence-corrected chi connectivity index (χ3v) is 4.68. The van der Waals surface area contributed by atoms with Gasteiger partial charge in [0.2, 0.25) is 0 Å². The summed E-state index contributed by atoms with van der Waals surface area (Å²) >= 11 is 0. The Kier molecular flexibility index (Phi) is 7.19. The van der Waals surface area contributed by atoms with Crippen LogP contribution in [0, 0.1) is 23.2 Å². The van der Waals surface area contributed by atoms with Gasteiger partial charge in [-0.25, -0.2) is 0 Å². The summed E-state index contributed by atoms with van der Waals surface area (Å²) in [4.78, 5) is 36.8. The Hall–Kier alpha value is -2.11. The fourth-order valence-electron chi connectivity index (χ4n) is 3.50. The molecule has 6 heteroatoms. The molecule has 0 aromatic heterocycles. The number of carbonyl (C=O) groups is 3. The largest absolute Gasteiger partial charge is 0.469 e. The lowest BCUT2D eigenvalue weighted by atomic mass is 9.81. The van der Waals surface area contributed by atoms with E-state index in [1.807, 2.05) is 19.1 Å². The van der Waals surface area contributed by atoms with Gasteiger partial charge in [-0.05, 0) is 31.1 Å². The molecule has 24 heavy (non-hydrogen) atoms. The van der Waals surface area contributed by atoms with Gasteiger partial charge in [-0.1, -0.05) is 25.2 Å². The quantitative estimate of drug-likeness (QED) is 0.307. The first-order valence-corrected chi connectivity index (χ1v) is 7.95. The monoisotopic (exact) mass is 338 g/mol. The van der Waals surface area contributed by atoms with Crippen molar-refractivity contribution < 1.29 is 28.6 Å². The summed E-state index contributed by atoms with van der Waals surface area (Å²) in [5, 5.41) is 0. The van der Waals surface area contributed by atoms with Gasteiger partial charge in [-0.3, -0.25) is 14.4 Å². The van der Waals surface area contributed by atoms with Crippen LogP contribution in [0.15, 0.2) is 24.8 Å². The van der Waals surface area contributed by atoms with E-state index in [4.69, 9.17) is 14.2 Å². The molecule has 1 aliphatic carbocycles. The number of hydrogen-bond donors (Lipinski definition) is 0. The SMILES string of the molecule is C=C[C@H](C(=O)OC)[C@@H]1CC(C(=O)OC)(C(=O)OC)C[C@@H]1/C=C/CC. The van der Waals surface area contributed by atoms with Gasteiger partial charge in [-0.15, -0.1) is 6.58 Å². The van der Waals surface area contributed by atoms with Crippen molar-refractivity contribution >= 4 is 17.9 Å². The highest BCUT2D eigenvalue weighted by Crippen LogP contribution is 2.51. The Balaban J connectivity index is 3.32. The van der Waals surface area contributed by atoms with Crippen LogP contribution >= 0.6 is 0 Å². The third kappa shape index (κ3) is 3.68. The molecular weight excluding hydrogens is 312 g/mol. The number of ether oxygens (including phenoxy) is 3. The molecule has 0 radical (unpaired) electrons. The second-order valence-corrected chi connectivity index (χ2v) is 5.92. The average Bonchev–Trinajstić information content (AvgIpc) is 2.99. The number of methoxy groups -OCH3 is 3. The molecule has 1 rings (SSSR count). The van der Waals surface area contributed by atoms with Gasteiger partial charge >= 0.3 is 17.9 Å². The first kappa shape index (κ1) is 19.9. The van der Waals surface area contributed by atoms with Crippen molar-refractivity contribution in [3.05, 3.63) is 24.8 Å². The second-order valence-electron chi connectivity index (χ2n) is 5.92. The highest BCUT2D eigenvalue weighted by Gasteiger charge is 2.58. The van der Waals surface area contributed by atoms with Crippen LogP contribution in [0.25, 0.3) is 0 Å². The minimum absolute atomic E-state index is 0.150. The number of esters is 3. The highest BCUT2D eigenvalue weighted by molar-refractivity contribution is 6.00. The molecule has 1 saturated carbocycles. The van der Waals surface area contributed by atoms with Crippen molar-refractivity contribution in [1.82, 2.24) is 0 Å². The van der Waals surface area contributed by atoms with E-state index in [0.717, 1.165) is 6.42 Å². The molecule has 0 amide bonds. The molecule has 3 atom stereocenters. The van der Waals surface area contributed by atoms with Crippen LogP contribution in [0.3, 0.4) is 0 Å². The van der Waals surface area contributed by atoms with E-state index in [2.05, 4.69) is 6.58 Å². The Bertz CT molecular complexity index is 506. The molecule has 0 aromatic rings. The standard InChI is InChI=1S/C18H26O6/c1-6-8-9-12-10-18(16(20)23-4,17(21)24-5)11-14(12)13(7-2)15(19)22-3/h7-9,12-14H,2,6,10-11H2,1,3-5H3/b9-8+/t12-,13-,14+/m0/s1. The number of allylic oxidation sites excluding steroid dienone is 2. The van der Waals surface area contributed by atoms with Gasteiger partial charge in [0.1, 0.15) is 0 Å². The maximum absolute atomic E-state index is 12.4. The zero-order valence-electron chi connectivity index (χ0n) is 14.7. The normalized spacial score (nSPS) is 23.5. The molecule has 0 heterocycles. The molecule has 0 saturated heterocycles. The molecule has 134 valence electrons. The zero-order chi connectivity index (χ0) is 18.3. The van der Waals surface area contributed by atoms with Gasteiger partial charge < -0.3 is 14.2 Å². The van der Waals surface area contributed by atoms with Crippen LogP contribution in [0.4, 0.5) is 0 Å². The van der Waals surface area contributed by atoms with Crippen molar-refractivity contribution in [1.29, 1.82) is 0 Å². The van der Waals surface area contributed by atoms with Gasteiger partial charge in [-0.2, -0.15) is 0 Å². The number of carbonyl (C=O) groups excluding carboxylic acids is 3. The van der Waals surface area contributed by atoms with Gasteiger partial charge in [0.25, 0.3) is 0 Å². The maximum Gasteiger partial charge on any atom is 0.323 e. The molecule has 6 nitrogen and oxygen atoms in total. The Morgan fingerprint density at radius 2 is 1.71 bits per heavy atom. The zero-order valence-corrected chi connectivity index (χ0v) is 14.7. The van der Waals surface area contributed by atoms with Crippen molar-refractivity contribution in [2.24, 2.45) is 23.2 Å². The molecule has 1 aliphatic rings. The summed E-state index contributed by atoms with van der Waals surface area (Å²) in [7, 11) is 3.78. The average molecular weight is 338 g/mol. The summed E-state index contributed by atoms with van der Waals surface area (Å²) < 4.78 is 14.6. The second kappa shape index (κ2) is 8.66. The molecular formula is C18H26O6. The third-order valence-electron chi connectivity index (χ3n) is 4.68. The molecule has 0 aliphatic heterocycles.